The number of amides is 1. The second-order valence-corrected chi connectivity index (χ2v) is 4.97. The van der Waals surface area contributed by atoms with Crippen molar-refractivity contribution in [3.05, 3.63) is 27.9 Å². The summed E-state index contributed by atoms with van der Waals surface area (Å²) in [5.41, 5.74) is -0.0115. The number of aromatic nitrogens is 1. The summed E-state index contributed by atoms with van der Waals surface area (Å²) in [5.74, 6) is 0.127. The molecule has 8 nitrogen and oxygen atoms in total. The van der Waals surface area contributed by atoms with Gasteiger partial charge in [-0.2, -0.15) is 0 Å². The predicted octanol–water partition coefficient (Wildman–Crippen LogP) is 0.876. The third-order valence-electron chi connectivity index (χ3n) is 3.49. The van der Waals surface area contributed by atoms with Gasteiger partial charge in [0.05, 0.1) is 10.5 Å². The van der Waals surface area contributed by atoms with Gasteiger partial charge in [0.15, 0.2) is 0 Å². The van der Waals surface area contributed by atoms with E-state index in [2.05, 4.69) is 10.3 Å². The molecule has 2 N–H and O–H groups in total. The van der Waals surface area contributed by atoms with Gasteiger partial charge in [-0.3, -0.25) is 14.9 Å². The molecule has 1 atom stereocenters. The fraction of sp³-hybridized carbons (Fsp3) is 0.538. The molecule has 1 aromatic rings. The van der Waals surface area contributed by atoms with Crippen LogP contribution in [0.15, 0.2) is 12.3 Å². The maximum atomic E-state index is 12.5. The van der Waals surface area contributed by atoms with Gasteiger partial charge in [-0.25, -0.2) is 4.98 Å². The molecular weight excluding hydrogens is 276 g/mol. The van der Waals surface area contributed by atoms with E-state index in [1.807, 2.05) is 6.92 Å². The highest BCUT2D eigenvalue weighted by atomic mass is 16.6. The summed E-state index contributed by atoms with van der Waals surface area (Å²) in [6.45, 7) is 3.46. The van der Waals surface area contributed by atoms with Gasteiger partial charge >= 0.3 is 0 Å². The minimum Gasteiger partial charge on any atom is -0.396 e. The molecule has 0 aromatic carbocycles. The van der Waals surface area contributed by atoms with Gasteiger partial charge < -0.3 is 15.3 Å². The van der Waals surface area contributed by atoms with E-state index in [-0.39, 0.29) is 29.7 Å². The molecule has 8 heteroatoms. The minimum atomic E-state index is -0.569. The summed E-state index contributed by atoms with van der Waals surface area (Å²) in [6, 6.07) is 1.25. The Morgan fingerprint density at radius 3 is 3.00 bits per heavy atom. The van der Waals surface area contributed by atoms with Crippen molar-refractivity contribution < 1.29 is 14.8 Å². The number of likely N-dealkylation sites (tertiary alicyclic amines) is 1. The summed E-state index contributed by atoms with van der Waals surface area (Å²) < 4.78 is 0. The molecule has 1 aliphatic heterocycles. The van der Waals surface area contributed by atoms with Crippen LogP contribution in [0.3, 0.4) is 0 Å². The summed E-state index contributed by atoms with van der Waals surface area (Å²) in [6.07, 6.45) is 1.87. The lowest BCUT2D eigenvalue weighted by Crippen LogP contribution is -2.30. The zero-order chi connectivity index (χ0) is 15.4. The summed E-state index contributed by atoms with van der Waals surface area (Å²) in [5, 5.41) is 22.9. The van der Waals surface area contributed by atoms with E-state index in [9.17, 15) is 14.9 Å². The Balaban J connectivity index is 2.29. The molecule has 0 bridgehead atoms. The van der Waals surface area contributed by atoms with E-state index in [1.54, 1.807) is 4.90 Å². The van der Waals surface area contributed by atoms with Crippen molar-refractivity contribution in [2.24, 2.45) is 5.92 Å². The molecular formula is C13H18N4O4. The van der Waals surface area contributed by atoms with Crippen LogP contribution in [0.2, 0.25) is 0 Å². The third-order valence-corrected chi connectivity index (χ3v) is 3.49. The Morgan fingerprint density at radius 1 is 1.67 bits per heavy atom. The van der Waals surface area contributed by atoms with E-state index < -0.39 is 4.92 Å². The highest BCUT2D eigenvalue weighted by Gasteiger charge is 2.29. The number of rotatable bonds is 5. The molecule has 2 heterocycles. The van der Waals surface area contributed by atoms with Crippen molar-refractivity contribution in [2.75, 3.05) is 31.6 Å². The fourth-order valence-electron chi connectivity index (χ4n) is 2.36. The SMILES string of the molecule is CCNc1ncc([N+](=O)[O-])cc1C(=O)N1CCC(CO)C1. The van der Waals surface area contributed by atoms with Crippen LogP contribution in [-0.4, -0.2) is 52.1 Å². The molecule has 1 aliphatic rings. The lowest BCUT2D eigenvalue weighted by atomic mass is 10.1. The first-order valence-corrected chi connectivity index (χ1v) is 6.85. The van der Waals surface area contributed by atoms with Gasteiger partial charge in [0.1, 0.15) is 12.0 Å². The zero-order valence-electron chi connectivity index (χ0n) is 11.8. The average Bonchev–Trinajstić information content (AvgIpc) is 2.96. The van der Waals surface area contributed by atoms with Gasteiger partial charge in [-0.15, -0.1) is 0 Å². The van der Waals surface area contributed by atoms with Gasteiger partial charge in [-0.1, -0.05) is 0 Å². The topological polar surface area (TPSA) is 109 Å². The van der Waals surface area contributed by atoms with Crippen molar-refractivity contribution in [1.82, 2.24) is 9.88 Å². The monoisotopic (exact) mass is 294 g/mol. The molecule has 21 heavy (non-hydrogen) atoms. The standard InChI is InChI=1S/C13H18N4O4/c1-2-14-12-11(5-10(6-15-12)17(20)21)13(19)16-4-3-9(7-16)8-18/h5-6,9,18H,2-4,7-8H2,1H3,(H,14,15). The van der Waals surface area contributed by atoms with E-state index in [0.717, 1.165) is 12.6 Å². The highest BCUT2D eigenvalue weighted by Crippen LogP contribution is 2.24. The third kappa shape index (κ3) is 3.27. The molecule has 2 rings (SSSR count). The second kappa shape index (κ2) is 6.49. The molecule has 1 aromatic heterocycles. The van der Waals surface area contributed by atoms with Crippen molar-refractivity contribution >= 4 is 17.4 Å². The van der Waals surface area contributed by atoms with Crippen LogP contribution in [-0.2, 0) is 0 Å². The van der Waals surface area contributed by atoms with Crippen LogP contribution in [0, 0.1) is 16.0 Å². The van der Waals surface area contributed by atoms with Crippen LogP contribution in [0.25, 0.3) is 0 Å². The van der Waals surface area contributed by atoms with E-state index in [1.165, 1.54) is 6.07 Å². The second-order valence-electron chi connectivity index (χ2n) is 4.97. The number of carbonyl (C=O) groups is 1. The smallest absolute Gasteiger partial charge is 0.288 e. The first-order chi connectivity index (χ1) is 10.1. The lowest BCUT2D eigenvalue weighted by Gasteiger charge is -2.18. The summed E-state index contributed by atoms with van der Waals surface area (Å²) in [4.78, 5) is 28.4. The maximum Gasteiger partial charge on any atom is 0.288 e. The Bertz CT molecular complexity index is 549. The van der Waals surface area contributed by atoms with Crippen LogP contribution < -0.4 is 5.32 Å². The fourth-order valence-corrected chi connectivity index (χ4v) is 2.36. The number of anilines is 1. The van der Waals surface area contributed by atoms with E-state index in [0.29, 0.717) is 25.5 Å². The molecule has 114 valence electrons. The van der Waals surface area contributed by atoms with Crippen LogP contribution in [0.5, 0.6) is 0 Å². The van der Waals surface area contributed by atoms with Crippen molar-refractivity contribution in [3.63, 3.8) is 0 Å². The normalized spacial score (nSPS) is 17.8. The number of hydrogen-bond donors (Lipinski definition) is 2. The van der Waals surface area contributed by atoms with Crippen molar-refractivity contribution in [2.45, 2.75) is 13.3 Å². The number of carbonyl (C=O) groups excluding carboxylic acids is 1. The highest BCUT2D eigenvalue weighted by molar-refractivity contribution is 5.99. The largest absolute Gasteiger partial charge is 0.396 e. The number of aliphatic hydroxyl groups is 1. The zero-order valence-corrected chi connectivity index (χ0v) is 11.8. The molecule has 0 spiro atoms. The number of aliphatic hydroxyl groups excluding tert-OH is 1. The summed E-state index contributed by atoms with van der Waals surface area (Å²) >= 11 is 0. The van der Waals surface area contributed by atoms with Crippen molar-refractivity contribution in [1.29, 1.82) is 0 Å². The van der Waals surface area contributed by atoms with Crippen LogP contribution >= 0.6 is 0 Å². The number of nitrogens with zero attached hydrogens (tertiary/aromatic N) is 3. The molecule has 1 fully saturated rings. The molecule has 1 amide bonds. The Kier molecular flexibility index (Phi) is 4.69. The quantitative estimate of drug-likeness (QED) is 0.616. The molecule has 0 radical (unpaired) electrons. The molecule has 1 unspecified atom stereocenters. The Labute approximate surface area is 121 Å². The predicted molar refractivity (Wildman–Crippen MR) is 76.2 cm³/mol. The van der Waals surface area contributed by atoms with E-state index in [4.69, 9.17) is 5.11 Å². The maximum absolute atomic E-state index is 12.5. The van der Waals surface area contributed by atoms with Gasteiger partial charge in [-0.05, 0) is 13.3 Å². The average molecular weight is 294 g/mol. The number of hydrogen-bond acceptors (Lipinski definition) is 6. The van der Waals surface area contributed by atoms with Gasteiger partial charge in [0.25, 0.3) is 11.6 Å². The first-order valence-electron chi connectivity index (χ1n) is 6.85. The Morgan fingerprint density at radius 2 is 2.43 bits per heavy atom. The first kappa shape index (κ1) is 15.2. The van der Waals surface area contributed by atoms with Crippen LogP contribution in [0.1, 0.15) is 23.7 Å². The number of nitrogens with one attached hydrogen (secondary N) is 1. The summed E-state index contributed by atoms with van der Waals surface area (Å²) in [7, 11) is 0. The molecule has 0 aliphatic carbocycles. The van der Waals surface area contributed by atoms with Crippen LogP contribution in [0.4, 0.5) is 11.5 Å². The van der Waals surface area contributed by atoms with Gasteiger partial charge in [0, 0.05) is 38.2 Å². The minimum absolute atomic E-state index is 0.0387. The molecule has 0 saturated carbocycles. The van der Waals surface area contributed by atoms with Crippen molar-refractivity contribution in [3.8, 4) is 0 Å². The lowest BCUT2D eigenvalue weighted by molar-refractivity contribution is -0.385. The Hall–Kier alpha value is -2.22. The number of pyridine rings is 1. The van der Waals surface area contributed by atoms with E-state index >= 15 is 0 Å². The number of nitro groups is 1. The van der Waals surface area contributed by atoms with Gasteiger partial charge in [0.2, 0.25) is 0 Å². The molecule has 1 saturated heterocycles.